The average Bonchev–Trinajstić information content (AvgIpc) is 2.92. The van der Waals surface area contributed by atoms with E-state index >= 15 is 0 Å². The maximum Gasteiger partial charge on any atom is 0.303 e. The zero-order valence-corrected chi connectivity index (χ0v) is 12.0. The van der Waals surface area contributed by atoms with Crippen LogP contribution in [0.5, 0.6) is 0 Å². The minimum absolute atomic E-state index is 0.0117. The maximum atomic E-state index is 12.3. The van der Waals surface area contributed by atoms with Gasteiger partial charge < -0.3 is 5.11 Å². The molecular formula is C14H19NO4S. The number of aryl methyl sites for hydroxylation is 1. The molecule has 6 heteroatoms. The SMILES string of the molecule is O=C(O)CCc1ccccc1NS(=O)(=O)C1CCCC1. The predicted octanol–water partition coefficient (Wildman–Crippen LogP) is 2.39. The summed E-state index contributed by atoms with van der Waals surface area (Å²) in [5.74, 6) is -0.890. The number of hydrogen-bond acceptors (Lipinski definition) is 3. The first kappa shape index (κ1) is 14.8. The summed E-state index contributed by atoms with van der Waals surface area (Å²) in [4.78, 5) is 10.6. The van der Waals surface area contributed by atoms with E-state index in [0.29, 0.717) is 24.9 Å². The van der Waals surface area contributed by atoms with Crippen molar-refractivity contribution in [3.05, 3.63) is 29.8 Å². The van der Waals surface area contributed by atoms with Gasteiger partial charge in [0, 0.05) is 6.42 Å². The van der Waals surface area contributed by atoms with E-state index in [-0.39, 0.29) is 11.7 Å². The summed E-state index contributed by atoms with van der Waals surface area (Å²) in [5.41, 5.74) is 1.22. The van der Waals surface area contributed by atoms with E-state index in [1.54, 1.807) is 24.3 Å². The summed E-state index contributed by atoms with van der Waals surface area (Å²) < 4.78 is 27.2. The molecule has 1 aliphatic rings. The number of rotatable bonds is 6. The largest absolute Gasteiger partial charge is 0.481 e. The summed E-state index contributed by atoms with van der Waals surface area (Å²) in [6.07, 6.45) is 3.61. The Hall–Kier alpha value is -1.56. The summed E-state index contributed by atoms with van der Waals surface area (Å²) in [6.45, 7) is 0. The van der Waals surface area contributed by atoms with Crippen molar-refractivity contribution >= 4 is 21.7 Å². The van der Waals surface area contributed by atoms with Crippen LogP contribution >= 0.6 is 0 Å². The van der Waals surface area contributed by atoms with Crippen molar-refractivity contribution in [1.29, 1.82) is 0 Å². The molecule has 1 saturated carbocycles. The first-order valence-electron chi connectivity index (χ1n) is 6.80. The second-order valence-corrected chi connectivity index (χ2v) is 7.07. The van der Waals surface area contributed by atoms with Gasteiger partial charge in [-0.3, -0.25) is 9.52 Å². The zero-order valence-electron chi connectivity index (χ0n) is 11.2. The van der Waals surface area contributed by atoms with Crippen molar-refractivity contribution in [2.45, 2.75) is 43.8 Å². The Morgan fingerprint density at radius 3 is 2.55 bits per heavy atom. The predicted molar refractivity (Wildman–Crippen MR) is 77.2 cm³/mol. The van der Waals surface area contributed by atoms with Crippen LogP contribution in [0.3, 0.4) is 0 Å². The zero-order chi connectivity index (χ0) is 14.6. The summed E-state index contributed by atoms with van der Waals surface area (Å²) in [7, 11) is -3.37. The molecule has 2 rings (SSSR count). The van der Waals surface area contributed by atoms with Crippen molar-refractivity contribution in [2.24, 2.45) is 0 Å². The van der Waals surface area contributed by atoms with Gasteiger partial charge in [0.05, 0.1) is 10.9 Å². The molecule has 0 saturated heterocycles. The molecule has 0 aliphatic heterocycles. The Balaban J connectivity index is 2.14. The standard InChI is InChI=1S/C14H19NO4S/c16-14(17)10-9-11-5-1-4-8-13(11)15-20(18,19)12-6-2-3-7-12/h1,4-5,8,12,15H,2-3,6-7,9-10H2,(H,16,17). The van der Waals surface area contributed by atoms with Crippen LogP contribution in [0.15, 0.2) is 24.3 Å². The van der Waals surface area contributed by atoms with E-state index < -0.39 is 16.0 Å². The smallest absolute Gasteiger partial charge is 0.303 e. The van der Waals surface area contributed by atoms with Crippen LogP contribution in [-0.2, 0) is 21.2 Å². The molecule has 0 aromatic heterocycles. The van der Waals surface area contributed by atoms with Gasteiger partial charge in [-0.1, -0.05) is 31.0 Å². The van der Waals surface area contributed by atoms with E-state index in [4.69, 9.17) is 5.11 Å². The maximum absolute atomic E-state index is 12.3. The van der Waals surface area contributed by atoms with Crippen molar-refractivity contribution in [3.63, 3.8) is 0 Å². The second-order valence-electron chi connectivity index (χ2n) is 5.10. The molecular weight excluding hydrogens is 278 g/mol. The minimum atomic E-state index is -3.37. The number of aliphatic carboxylic acids is 1. The number of para-hydroxylation sites is 1. The van der Waals surface area contributed by atoms with Gasteiger partial charge in [0.2, 0.25) is 10.0 Å². The Kier molecular flexibility index (Phi) is 4.65. The number of benzene rings is 1. The average molecular weight is 297 g/mol. The molecule has 1 aromatic carbocycles. The van der Waals surface area contributed by atoms with Gasteiger partial charge >= 0.3 is 5.97 Å². The molecule has 0 heterocycles. The Morgan fingerprint density at radius 1 is 1.25 bits per heavy atom. The van der Waals surface area contributed by atoms with E-state index in [0.717, 1.165) is 18.4 Å². The summed E-state index contributed by atoms with van der Waals surface area (Å²) in [5, 5.41) is 8.41. The van der Waals surface area contributed by atoms with E-state index in [2.05, 4.69) is 4.72 Å². The third-order valence-electron chi connectivity index (χ3n) is 3.62. The summed E-state index contributed by atoms with van der Waals surface area (Å²) in [6, 6.07) is 6.97. The molecule has 1 aromatic rings. The molecule has 1 aliphatic carbocycles. The highest BCUT2D eigenvalue weighted by Gasteiger charge is 2.29. The molecule has 0 unspecified atom stereocenters. The lowest BCUT2D eigenvalue weighted by Crippen LogP contribution is -2.25. The molecule has 5 nitrogen and oxygen atoms in total. The third kappa shape index (κ3) is 3.72. The number of carbonyl (C=O) groups is 1. The Labute approximate surface area is 119 Å². The Bertz CT molecular complexity index is 577. The molecule has 0 amide bonds. The van der Waals surface area contributed by atoms with Crippen LogP contribution in [-0.4, -0.2) is 24.7 Å². The van der Waals surface area contributed by atoms with Crippen molar-refractivity contribution in [2.75, 3.05) is 4.72 Å². The fourth-order valence-electron chi connectivity index (χ4n) is 2.51. The van der Waals surface area contributed by atoms with Crippen LogP contribution in [0.4, 0.5) is 5.69 Å². The first-order valence-corrected chi connectivity index (χ1v) is 8.35. The van der Waals surface area contributed by atoms with Gasteiger partial charge in [0.15, 0.2) is 0 Å². The highest BCUT2D eigenvalue weighted by Crippen LogP contribution is 2.27. The van der Waals surface area contributed by atoms with Gasteiger partial charge in [0.25, 0.3) is 0 Å². The first-order chi connectivity index (χ1) is 9.49. The number of nitrogens with one attached hydrogen (secondary N) is 1. The molecule has 20 heavy (non-hydrogen) atoms. The lowest BCUT2D eigenvalue weighted by molar-refractivity contribution is -0.136. The highest BCUT2D eigenvalue weighted by atomic mass is 32.2. The van der Waals surface area contributed by atoms with Gasteiger partial charge in [0.1, 0.15) is 0 Å². The van der Waals surface area contributed by atoms with Crippen LogP contribution in [0.1, 0.15) is 37.7 Å². The van der Waals surface area contributed by atoms with Crippen LogP contribution in [0, 0.1) is 0 Å². The van der Waals surface area contributed by atoms with E-state index in [1.807, 2.05) is 0 Å². The van der Waals surface area contributed by atoms with E-state index in [1.165, 1.54) is 0 Å². The van der Waals surface area contributed by atoms with Crippen LogP contribution in [0.2, 0.25) is 0 Å². The topological polar surface area (TPSA) is 83.5 Å². The highest BCUT2D eigenvalue weighted by molar-refractivity contribution is 7.93. The lowest BCUT2D eigenvalue weighted by atomic mass is 10.1. The van der Waals surface area contributed by atoms with Crippen molar-refractivity contribution < 1.29 is 18.3 Å². The fourth-order valence-corrected chi connectivity index (χ4v) is 4.14. The van der Waals surface area contributed by atoms with Crippen LogP contribution < -0.4 is 4.72 Å². The van der Waals surface area contributed by atoms with Crippen molar-refractivity contribution in [1.82, 2.24) is 0 Å². The normalized spacial score (nSPS) is 16.2. The minimum Gasteiger partial charge on any atom is -0.481 e. The Morgan fingerprint density at radius 2 is 1.90 bits per heavy atom. The number of anilines is 1. The molecule has 110 valence electrons. The van der Waals surface area contributed by atoms with Crippen molar-refractivity contribution in [3.8, 4) is 0 Å². The monoisotopic (exact) mass is 297 g/mol. The molecule has 2 N–H and O–H groups in total. The summed E-state index contributed by atoms with van der Waals surface area (Å²) >= 11 is 0. The lowest BCUT2D eigenvalue weighted by Gasteiger charge is -2.16. The number of carboxylic acid groups (broad SMARTS) is 1. The van der Waals surface area contributed by atoms with Gasteiger partial charge in [-0.15, -0.1) is 0 Å². The molecule has 0 radical (unpaired) electrons. The fraction of sp³-hybridized carbons (Fsp3) is 0.500. The van der Waals surface area contributed by atoms with Gasteiger partial charge in [-0.25, -0.2) is 8.42 Å². The van der Waals surface area contributed by atoms with Crippen LogP contribution in [0.25, 0.3) is 0 Å². The second kappa shape index (κ2) is 6.26. The number of hydrogen-bond donors (Lipinski definition) is 2. The van der Waals surface area contributed by atoms with E-state index in [9.17, 15) is 13.2 Å². The quantitative estimate of drug-likeness (QED) is 0.844. The third-order valence-corrected chi connectivity index (χ3v) is 5.47. The number of carboxylic acids is 1. The molecule has 0 atom stereocenters. The molecule has 1 fully saturated rings. The van der Waals surface area contributed by atoms with Gasteiger partial charge in [-0.05, 0) is 30.9 Å². The molecule has 0 spiro atoms. The molecule has 0 bridgehead atoms. The number of sulfonamides is 1. The van der Waals surface area contributed by atoms with Gasteiger partial charge in [-0.2, -0.15) is 0 Å².